The Labute approximate surface area is 116 Å². The molecule has 6 nitrogen and oxygen atoms in total. The fourth-order valence-corrected chi connectivity index (χ4v) is 2.52. The van der Waals surface area contributed by atoms with Crippen LogP contribution in [-0.4, -0.2) is 74.2 Å². The molecule has 0 bridgehead atoms. The highest BCUT2D eigenvalue weighted by Gasteiger charge is 2.33. The Kier molecular flexibility index (Phi) is 6.71. The Morgan fingerprint density at radius 1 is 1.26 bits per heavy atom. The summed E-state index contributed by atoms with van der Waals surface area (Å²) in [5.41, 5.74) is 11.3. The molecule has 0 aromatic rings. The second-order valence-electron chi connectivity index (χ2n) is 5.51. The lowest BCUT2D eigenvalue weighted by Crippen LogP contribution is -2.34. The lowest BCUT2D eigenvalue weighted by atomic mass is 10.2. The molecule has 2 aliphatic heterocycles. The topological polar surface area (TPSA) is 84.8 Å². The highest BCUT2D eigenvalue weighted by atomic mass is 16.5. The molecule has 19 heavy (non-hydrogen) atoms. The van der Waals surface area contributed by atoms with E-state index in [0.717, 1.165) is 19.5 Å². The van der Waals surface area contributed by atoms with Crippen molar-refractivity contribution in [3.05, 3.63) is 0 Å². The molecule has 112 valence electrons. The van der Waals surface area contributed by atoms with Crippen molar-refractivity contribution in [2.45, 2.75) is 37.9 Å². The molecule has 2 fully saturated rings. The summed E-state index contributed by atoms with van der Waals surface area (Å²) in [6.45, 7) is 5.30. The van der Waals surface area contributed by atoms with Gasteiger partial charge < -0.3 is 21.1 Å². The summed E-state index contributed by atoms with van der Waals surface area (Å²) < 4.78 is 4.91. The van der Waals surface area contributed by atoms with E-state index in [9.17, 15) is 4.79 Å². The van der Waals surface area contributed by atoms with Gasteiger partial charge in [0.15, 0.2) is 0 Å². The van der Waals surface area contributed by atoms with Gasteiger partial charge in [-0.25, -0.2) is 0 Å². The number of nitrogens with two attached hydrogens (primary N) is 2. The largest absolute Gasteiger partial charge is 0.465 e. The molecule has 0 spiro atoms. The number of likely N-dealkylation sites (N-methyl/N-ethyl adjacent to an activating group) is 2. The van der Waals surface area contributed by atoms with Crippen LogP contribution in [0, 0.1) is 0 Å². The number of nitrogens with zero attached hydrogens (tertiary/aromatic N) is 2. The zero-order chi connectivity index (χ0) is 14.4. The minimum absolute atomic E-state index is 0.115. The first-order valence-electron chi connectivity index (χ1n) is 7.00. The lowest BCUT2D eigenvalue weighted by molar-refractivity contribution is -0.147. The van der Waals surface area contributed by atoms with E-state index in [2.05, 4.69) is 11.9 Å². The Morgan fingerprint density at radius 3 is 2.26 bits per heavy atom. The number of rotatable bonds is 2. The normalized spacial score (nSPS) is 31.9. The maximum atomic E-state index is 11.3. The zero-order valence-electron chi connectivity index (χ0n) is 12.3. The van der Waals surface area contributed by atoms with Crippen LogP contribution in [0.5, 0.6) is 0 Å². The van der Waals surface area contributed by atoms with Crippen molar-refractivity contribution >= 4 is 5.97 Å². The molecule has 3 unspecified atom stereocenters. The van der Waals surface area contributed by atoms with Crippen LogP contribution >= 0.6 is 0 Å². The van der Waals surface area contributed by atoms with Crippen molar-refractivity contribution in [1.29, 1.82) is 0 Å². The molecule has 0 amide bonds. The number of hydrogen-bond donors (Lipinski definition) is 2. The third-order valence-corrected chi connectivity index (χ3v) is 3.57. The fraction of sp³-hybridized carbons (Fsp3) is 0.923. The highest BCUT2D eigenvalue weighted by Crippen LogP contribution is 2.15. The van der Waals surface area contributed by atoms with Crippen LogP contribution in [0.2, 0.25) is 0 Å². The van der Waals surface area contributed by atoms with Crippen LogP contribution in [0.15, 0.2) is 0 Å². The van der Waals surface area contributed by atoms with Crippen molar-refractivity contribution in [3.8, 4) is 0 Å². The van der Waals surface area contributed by atoms with Gasteiger partial charge in [0.1, 0.15) is 6.04 Å². The summed E-state index contributed by atoms with van der Waals surface area (Å²) in [5.74, 6) is -0.145. The molecule has 2 rings (SSSR count). The molecule has 0 radical (unpaired) electrons. The van der Waals surface area contributed by atoms with E-state index in [1.807, 2.05) is 18.9 Å². The van der Waals surface area contributed by atoms with Crippen LogP contribution in [0.25, 0.3) is 0 Å². The van der Waals surface area contributed by atoms with Gasteiger partial charge in [-0.15, -0.1) is 0 Å². The average molecular weight is 272 g/mol. The van der Waals surface area contributed by atoms with Gasteiger partial charge in [-0.3, -0.25) is 9.69 Å². The van der Waals surface area contributed by atoms with Crippen molar-refractivity contribution < 1.29 is 9.53 Å². The van der Waals surface area contributed by atoms with Crippen LogP contribution < -0.4 is 11.5 Å². The molecule has 0 saturated carbocycles. The molecule has 2 heterocycles. The first-order valence-corrected chi connectivity index (χ1v) is 7.00. The number of carbonyl (C=O) groups excluding carboxylic acids is 1. The van der Waals surface area contributed by atoms with Gasteiger partial charge in [0.25, 0.3) is 0 Å². The summed E-state index contributed by atoms with van der Waals surface area (Å²) in [4.78, 5) is 15.5. The summed E-state index contributed by atoms with van der Waals surface area (Å²) in [7, 11) is 4.00. The third kappa shape index (κ3) is 5.44. The molecule has 4 N–H and O–H groups in total. The first kappa shape index (κ1) is 16.4. The number of hydrogen-bond acceptors (Lipinski definition) is 6. The predicted octanol–water partition coefficient (Wildman–Crippen LogP) is -0.770. The molecule has 0 aromatic heterocycles. The van der Waals surface area contributed by atoms with Crippen LogP contribution in [0.4, 0.5) is 0 Å². The van der Waals surface area contributed by atoms with Gasteiger partial charge in [0.05, 0.1) is 6.61 Å². The standard InChI is InChI=1S/C8H16N2O2.C5H12N2/c1-3-12-8(11)7-4-6(9)5-10(7)2;1-7-3-2-5(6)4-7/h6-7H,3-5,9H2,1-2H3;5H,2-4,6H2,1H3. The van der Waals surface area contributed by atoms with Crippen LogP contribution in [0.1, 0.15) is 19.8 Å². The van der Waals surface area contributed by atoms with Crippen LogP contribution in [0.3, 0.4) is 0 Å². The number of esters is 1. The van der Waals surface area contributed by atoms with Crippen molar-refractivity contribution in [1.82, 2.24) is 9.80 Å². The minimum atomic E-state index is -0.145. The molecular formula is C13H28N4O2. The van der Waals surface area contributed by atoms with Gasteiger partial charge in [-0.05, 0) is 40.4 Å². The quantitative estimate of drug-likeness (QED) is 0.642. The van der Waals surface area contributed by atoms with E-state index in [4.69, 9.17) is 16.2 Å². The summed E-state index contributed by atoms with van der Waals surface area (Å²) in [6, 6.07) is 0.439. The summed E-state index contributed by atoms with van der Waals surface area (Å²) >= 11 is 0. The summed E-state index contributed by atoms with van der Waals surface area (Å²) in [6.07, 6.45) is 1.89. The van der Waals surface area contributed by atoms with E-state index in [1.165, 1.54) is 13.0 Å². The van der Waals surface area contributed by atoms with Gasteiger partial charge in [0.2, 0.25) is 0 Å². The smallest absolute Gasteiger partial charge is 0.323 e. The average Bonchev–Trinajstić information content (AvgIpc) is 2.85. The predicted molar refractivity (Wildman–Crippen MR) is 75.7 cm³/mol. The van der Waals surface area contributed by atoms with E-state index >= 15 is 0 Å². The van der Waals surface area contributed by atoms with E-state index < -0.39 is 0 Å². The Morgan fingerprint density at radius 2 is 1.95 bits per heavy atom. The molecule has 0 aromatic carbocycles. The van der Waals surface area contributed by atoms with Gasteiger partial charge in [-0.2, -0.15) is 0 Å². The molecule has 3 atom stereocenters. The number of likely N-dealkylation sites (tertiary alicyclic amines) is 2. The lowest BCUT2D eigenvalue weighted by Gasteiger charge is -2.16. The SMILES string of the molecule is CCOC(=O)C1CC(N)CN1C.CN1CCC(N)C1. The Balaban J connectivity index is 0.000000218. The van der Waals surface area contributed by atoms with E-state index in [1.54, 1.807) is 0 Å². The maximum absolute atomic E-state index is 11.3. The van der Waals surface area contributed by atoms with E-state index in [-0.39, 0.29) is 18.1 Å². The monoisotopic (exact) mass is 272 g/mol. The second-order valence-corrected chi connectivity index (χ2v) is 5.51. The fourth-order valence-electron chi connectivity index (χ4n) is 2.52. The van der Waals surface area contributed by atoms with Crippen molar-refractivity contribution in [2.75, 3.05) is 40.3 Å². The molecule has 6 heteroatoms. The van der Waals surface area contributed by atoms with Gasteiger partial charge >= 0.3 is 5.97 Å². The molecule has 2 saturated heterocycles. The first-order chi connectivity index (χ1) is 8.93. The Hall–Kier alpha value is -0.690. The minimum Gasteiger partial charge on any atom is -0.465 e. The second kappa shape index (κ2) is 7.79. The molecular weight excluding hydrogens is 244 g/mol. The molecule has 0 aliphatic carbocycles. The zero-order valence-corrected chi connectivity index (χ0v) is 12.3. The van der Waals surface area contributed by atoms with Gasteiger partial charge in [-0.1, -0.05) is 0 Å². The van der Waals surface area contributed by atoms with Crippen LogP contribution in [-0.2, 0) is 9.53 Å². The Bertz CT molecular complexity index is 280. The molecule has 2 aliphatic rings. The highest BCUT2D eigenvalue weighted by molar-refractivity contribution is 5.76. The number of ether oxygens (including phenoxy) is 1. The number of carbonyl (C=O) groups is 1. The summed E-state index contributed by atoms with van der Waals surface area (Å²) in [5, 5.41) is 0. The third-order valence-electron chi connectivity index (χ3n) is 3.57. The van der Waals surface area contributed by atoms with Gasteiger partial charge in [0, 0.05) is 25.2 Å². The van der Waals surface area contributed by atoms with Crippen molar-refractivity contribution in [2.24, 2.45) is 11.5 Å². The van der Waals surface area contributed by atoms with Crippen molar-refractivity contribution in [3.63, 3.8) is 0 Å². The van der Waals surface area contributed by atoms with E-state index in [0.29, 0.717) is 12.6 Å². The maximum Gasteiger partial charge on any atom is 0.323 e.